The number of nitriles is 1. The number of phenolic OH excluding ortho intramolecular Hbond substituents is 1. The molecule has 1 aliphatic heterocycles. The van der Waals surface area contributed by atoms with Crippen LogP contribution in [0.2, 0.25) is 0 Å². The van der Waals surface area contributed by atoms with Gasteiger partial charge in [0.05, 0.1) is 7.11 Å². The molecule has 9 heteroatoms. The normalized spacial score (nSPS) is 13.2. The number of nitrogens with zero attached hydrogens (tertiary/aromatic N) is 2. The number of methoxy groups -OCH3 is 1. The average molecular weight is 404 g/mol. The molecule has 1 fully saturated rings. The molecule has 1 heterocycles. The van der Waals surface area contributed by atoms with Crippen LogP contribution < -0.4 is 15.2 Å². The van der Waals surface area contributed by atoms with Crippen molar-refractivity contribution >= 4 is 15.7 Å². The van der Waals surface area contributed by atoms with Gasteiger partial charge in [0.15, 0.2) is 6.19 Å². The number of primary sulfonamides is 1. The highest BCUT2D eigenvalue weighted by atomic mass is 32.2. The Morgan fingerprint density at radius 1 is 1.25 bits per heavy atom. The predicted octanol–water partition coefficient (Wildman–Crippen LogP) is 2.22. The van der Waals surface area contributed by atoms with Crippen LogP contribution in [0.1, 0.15) is 18.4 Å². The molecular weight excluding hydrogens is 380 g/mol. The quantitative estimate of drug-likeness (QED) is 0.652. The summed E-state index contributed by atoms with van der Waals surface area (Å²) < 4.78 is 28.0. The van der Waals surface area contributed by atoms with E-state index in [-0.39, 0.29) is 16.4 Å². The lowest BCUT2D eigenvalue weighted by Crippen LogP contribution is -2.14. The molecule has 4 N–H and O–H groups in total. The minimum atomic E-state index is -3.86. The fourth-order valence-corrected chi connectivity index (χ4v) is 3.42. The highest BCUT2D eigenvalue weighted by Gasteiger charge is 2.15. The van der Waals surface area contributed by atoms with Crippen molar-refractivity contribution < 1.29 is 18.3 Å². The van der Waals surface area contributed by atoms with Gasteiger partial charge in [0, 0.05) is 25.3 Å². The molecule has 2 aromatic rings. The van der Waals surface area contributed by atoms with Crippen LogP contribution in [-0.4, -0.2) is 38.6 Å². The van der Waals surface area contributed by atoms with Crippen molar-refractivity contribution in [2.45, 2.75) is 24.3 Å². The van der Waals surface area contributed by atoms with Crippen LogP contribution in [0, 0.1) is 11.5 Å². The van der Waals surface area contributed by atoms with Gasteiger partial charge in [-0.05, 0) is 48.7 Å². The summed E-state index contributed by atoms with van der Waals surface area (Å²) in [7, 11) is -2.48. The first kappa shape index (κ1) is 21.3. The third-order valence-corrected chi connectivity index (χ3v) is 5.06. The fraction of sp³-hybridized carbons (Fsp3) is 0.316. The van der Waals surface area contributed by atoms with Crippen LogP contribution in [0.25, 0.3) is 0 Å². The van der Waals surface area contributed by atoms with Crippen molar-refractivity contribution in [3.05, 3.63) is 48.0 Å². The third-order valence-electron chi connectivity index (χ3n) is 4.12. The molecule has 0 unspecified atom stereocenters. The number of rotatable bonds is 5. The highest BCUT2D eigenvalue weighted by molar-refractivity contribution is 7.89. The first-order valence-corrected chi connectivity index (χ1v) is 10.3. The number of phenols is 1. The maximum atomic E-state index is 11.5. The van der Waals surface area contributed by atoms with Gasteiger partial charge in [0.1, 0.15) is 16.4 Å². The Hall–Kier alpha value is -2.96. The Morgan fingerprint density at radius 3 is 2.50 bits per heavy atom. The van der Waals surface area contributed by atoms with Crippen LogP contribution in [0.15, 0.2) is 47.4 Å². The van der Waals surface area contributed by atoms with E-state index in [1.807, 2.05) is 6.07 Å². The van der Waals surface area contributed by atoms with Crippen LogP contribution >= 0.6 is 0 Å². The molecule has 0 spiro atoms. The second kappa shape index (κ2) is 9.82. The number of aromatic hydroxyl groups is 1. The van der Waals surface area contributed by atoms with Gasteiger partial charge in [-0.25, -0.2) is 13.6 Å². The van der Waals surface area contributed by atoms with E-state index in [0.29, 0.717) is 12.2 Å². The average Bonchev–Trinajstić information content (AvgIpc) is 3.20. The van der Waals surface area contributed by atoms with E-state index >= 15 is 0 Å². The molecule has 1 aliphatic rings. The Labute approximate surface area is 165 Å². The molecule has 0 aromatic heterocycles. The third kappa shape index (κ3) is 6.33. The number of nitrogens with two attached hydrogens (primary N) is 1. The van der Waals surface area contributed by atoms with E-state index in [0.717, 1.165) is 18.7 Å². The Bertz CT molecular complexity index is 935. The van der Waals surface area contributed by atoms with Crippen LogP contribution in [0.4, 0.5) is 5.69 Å². The lowest BCUT2D eigenvalue weighted by molar-refractivity contribution is 0.403. The predicted molar refractivity (Wildman–Crippen MR) is 106 cm³/mol. The van der Waals surface area contributed by atoms with Crippen molar-refractivity contribution in [3.8, 4) is 17.7 Å². The van der Waals surface area contributed by atoms with Gasteiger partial charge in [-0.1, -0.05) is 12.1 Å². The molecule has 0 amide bonds. The maximum absolute atomic E-state index is 11.5. The largest absolute Gasteiger partial charge is 0.508 e. The standard InChI is InChI=1S/C14H16N2O4S.C5H8N2/c1-20-13-6-5-11(8-14(13)21(15,18)19)16-9-10-3-2-4-12(17)7-10;6-5-7-3-1-2-4-7/h2-8,16-17H,9H2,1H3,(H2,15,18,19);1-4H2. The number of likely N-dealkylation sites (tertiary alicyclic amines) is 1. The molecule has 0 aliphatic carbocycles. The summed E-state index contributed by atoms with van der Waals surface area (Å²) in [6.07, 6.45) is 4.50. The zero-order chi connectivity index (χ0) is 20.6. The van der Waals surface area contributed by atoms with Crippen molar-refractivity contribution in [2.24, 2.45) is 5.14 Å². The highest BCUT2D eigenvalue weighted by Crippen LogP contribution is 2.26. The zero-order valence-electron chi connectivity index (χ0n) is 15.6. The molecule has 1 saturated heterocycles. The molecule has 3 rings (SSSR count). The van der Waals surface area contributed by atoms with Gasteiger partial charge in [0.25, 0.3) is 0 Å². The lowest BCUT2D eigenvalue weighted by Gasteiger charge is -2.11. The summed E-state index contributed by atoms with van der Waals surface area (Å²) in [6.45, 7) is 2.40. The topological polar surface area (TPSA) is 129 Å². The maximum Gasteiger partial charge on any atom is 0.241 e. The molecule has 0 radical (unpaired) electrons. The van der Waals surface area contributed by atoms with Crippen molar-refractivity contribution in [1.29, 1.82) is 5.26 Å². The molecule has 2 aromatic carbocycles. The van der Waals surface area contributed by atoms with Gasteiger partial charge in [-0.3, -0.25) is 0 Å². The monoisotopic (exact) mass is 404 g/mol. The van der Waals surface area contributed by atoms with Gasteiger partial charge in [0.2, 0.25) is 10.0 Å². The SMILES string of the molecule is COc1ccc(NCc2cccc(O)c2)cc1S(N)(=O)=O.N#CN1CCCC1. The Morgan fingerprint density at radius 2 is 1.96 bits per heavy atom. The summed E-state index contributed by atoms with van der Waals surface area (Å²) >= 11 is 0. The minimum Gasteiger partial charge on any atom is -0.508 e. The number of hydrogen-bond donors (Lipinski definition) is 3. The fourth-order valence-electron chi connectivity index (χ4n) is 2.70. The molecule has 150 valence electrons. The van der Waals surface area contributed by atoms with Gasteiger partial charge in [-0.2, -0.15) is 5.26 Å². The molecule has 0 bridgehead atoms. The van der Waals surface area contributed by atoms with Crippen LogP contribution in [0.3, 0.4) is 0 Å². The summed E-state index contributed by atoms with van der Waals surface area (Å²) in [4.78, 5) is 1.71. The lowest BCUT2D eigenvalue weighted by atomic mass is 10.2. The Balaban J connectivity index is 0.000000336. The molecule has 0 atom stereocenters. The second-order valence-corrected chi connectivity index (χ2v) is 7.76. The molecule has 28 heavy (non-hydrogen) atoms. The number of benzene rings is 2. The zero-order valence-corrected chi connectivity index (χ0v) is 16.4. The van der Waals surface area contributed by atoms with Gasteiger partial charge < -0.3 is 20.1 Å². The number of ether oxygens (including phenoxy) is 1. The Kier molecular flexibility index (Phi) is 7.49. The van der Waals surface area contributed by atoms with Gasteiger partial charge >= 0.3 is 0 Å². The molecule has 8 nitrogen and oxygen atoms in total. The summed E-state index contributed by atoms with van der Waals surface area (Å²) in [5.74, 6) is 0.370. The van der Waals surface area contributed by atoms with Crippen molar-refractivity contribution in [1.82, 2.24) is 4.90 Å². The first-order chi connectivity index (χ1) is 13.3. The number of anilines is 1. The first-order valence-electron chi connectivity index (χ1n) is 8.71. The van der Waals surface area contributed by atoms with E-state index in [1.165, 1.54) is 32.1 Å². The van der Waals surface area contributed by atoms with E-state index in [4.69, 9.17) is 15.1 Å². The summed E-state index contributed by atoms with van der Waals surface area (Å²) in [5.41, 5.74) is 1.45. The van der Waals surface area contributed by atoms with Crippen LogP contribution in [-0.2, 0) is 16.6 Å². The van der Waals surface area contributed by atoms with Crippen molar-refractivity contribution in [2.75, 3.05) is 25.5 Å². The number of nitrogens with one attached hydrogen (secondary N) is 1. The summed E-state index contributed by atoms with van der Waals surface area (Å²) in [6, 6.07) is 11.4. The van der Waals surface area contributed by atoms with E-state index in [9.17, 15) is 13.5 Å². The summed E-state index contributed by atoms with van der Waals surface area (Å²) in [5, 5.41) is 25.9. The molecule has 0 saturated carbocycles. The second-order valence-electron chi connectivity index (χ2n) is 6.23. The van der Waals surface area contributed by atoms with E-state index in [2.05, 4.69) is 11.5 Å². The number of hydrogen-bond acceptors (Lipinski definition) is 7. The van der Waals surface area contributed by atoms with E-state index < -0.39 is 10.0 Å². The smallest absolute Gasteiger partial charge is 0.241 e. The number of sulfonamides is 1. The van der Waals surface area contributed by atoms with E-state index in [1.54, 1.807) is 29.2 Å². The molecular formula is C19H24N4O4S. The van der Waals surface area contributed by atoms with Gasteiger partial charge in [-0.15, -0.1) is 0 Å². The van der Waals surface area contributed by atoms with Crippen molar-refractivity contribution in [3.63, 3.8) is 0 Å². The minimum absolute atomic E-state index is 0.0779. The van der Waals surface area contributed by atoms with Crippen LogP contribution in [0.5, 0.6) is 11.5 Å².